The molecule has 0 spiro atoms. The topological polar surface area (TPSA) is 34.1 Å². The van der Waals surface area contributed by atoms with Crippen molar-refractivity contribution in [3.63, 3.8) is 0 Å². The van der Waals surface area contributed by atoms with E-state index in [4.69, 9.17) is 0 Å². The van der Waals surface area contributed by atoms with Crippen LogP contribution in [0.5, 0.6) is 0 Å². The highest BCUT2D eigenvalue weighted by Gasteiger charge is 2.43. The Balaban J connectivity index is 1.77. The van der Waals surface area contributed by atoms with Crippen LogP contribution in [0.4, 0.5) is 0 Å². The molecule has 0 unspecified atom stereocenters. The summed E-state index contributed by atoms with van der Waals surface area (Å²) in [5.41, 5.74) is 0. The lowest BCUT2D eigenvalue weighted by molar-refractivity contribution is 0.151. The average Bonchev–Trinajstić information content (AvgIpc) is 2.61. The first-order valence-electron chi connectivity index (χ1n) is 11.1. The van der Waals surface area contributed by atoms with E-state index >= 15 is 0 Å². The van der Waals surface area contributed by atoms with Crippen molar-refractivity contribution in [3.8, 4) is 0 Å². The quantitative estimate of drug-likeness (QED) is 0.432. The van der Waals surface area contributed by atoms with E-state index in [2.05, 4.69) is 13.8 Å². The largest absolute Gasteiger partial charge is 0.228 e. The van der Waals surface area contributed by atoms with Gasteiger partial charge in [0.25, 0.3) is 0 Å². The van der Waals surface area contributed by atoms with Crippen molar-refractivity contribution in [2.75, 3.05) is 5.75 Å². The highest BCUT2D eigenvalue weighted by atomic mass is 32.2. The molecule has 0 heterocycles. The van der Waals surface area contributed by atoms with Crippen LogP contribution in [-0.4, -0.2) is 18.9 Å². The summed E-state index contributed by atoms with van der Waals surface area (Å²) < 4.78 is 25.0. The number of rotatable bonds is 9. The summed E-state index contributed by atoms with van der Waals surface area (Å²) in [6.45, 7) is 6.39. The van der Waals surface area contributed by atoms with Gasteiger partial charge in [-0.1, -0.05) is 58.8 Å². The van der Waals surface area contributed by atoms with E-state index < -0.39 is 14.6 Å². The molecule has 2 aliphatic rings. The minimum Gasteiger partial charge on any atom is -0.228 e. The van der Waals surface area contributed by atoms with Crippen molar-refractivity contribution in [3.05, 3.63) is 0 Å². The SMILES string of the molecule is CCCCCC1CCC(C2CCC(C)(S(=O)(=O)CCCC)CC2)CC1. The van der Waals surface area contributed by atoms with Gasteiger partial charge in [-0.25, -0.2) is 8.42 Å². The second-order valence-electron chi connectivity index (χ2n) is 9.24. The summed E-state index contributed by atoms with van der Waals surface area (Å²) >= 11 is 0. The van der Waals surface area contributed by atoms with E-state index in [-0.39, 0.29) is 0 Å². The lowest BCUT2D eigenvalue weighted by atomic mass is 9.68. The molecule has 0 saturated heterocycles. The molecule has 2 saturated carbocycles. The standard InChI is InChI=1S/C22H42O2S/c1-4-6-8-9-19-10-12-20(13-11-19)21-14-16-22(3,17-15-21)25(23,24)18-7-5-2/h19-21H,4-18H2,1-3H3. The van der Waals surface area contributed by atoms with Crippen molar-refractivity contribution in [2.45, 2.75) is 115 Å². The predicted octanol–water partition coefficient (Wildman–Crippen LogP) is 6.54. The summed E-state index contributed by atoms with van der Waals surface area (Å²) in [5, 5.41) is 0. The first-order valence-corrected chi connectivity index (χ1v) is 12.8. The Kier molecular flexibility index (Phi) is 8.30. The van der Waals surface area contributed by atoms with E-state index in [0.29, 0.717) is 5.75 Å². The lowest BCUT2D eigenvalue weighted by Gasteiger charge is -2.41. The normalized spacial score (nSPS) is 34.1. The van der Waals surface area contributed by atoms with Crippen LogP contribution in [0.1, 0.15) is 111 Å². The number of sulfone groups is 1. The van der Waals surface area contributed by atoms with Gasteiger partial charge < -0.3 is 0 Å². The fraction of sp³-hybridized carbons (Fsp3) is 1.00. The van der Waals surface area contributed by atoms with Crippen molar-refractivity contribution < 1.29 is 8.42 Å². The Morgan fingerprint density at radius 3 is 1.92 bits per heavy atom. The third kappa shape index (κ3) is 5.71. The van der Waals surface area contributed by atoms with E-state index in [1.54, 1.807) is 0 Å². The van der Waals surface area contributed by atoms with Gasteiger partial charge in [0.15, 0.2) is 9.84 Å². The first kappa shape index (κ1) is 21.3. The van der Waals surface area contributed by atoms with Crippen LogP contribution < -0.4 is 0 Å². The molecule has 0 N–H and O–H groups in total. The van der Waals surface area contributed by atoms with Crippen molar-refractivity contribution >= 4 is 9.84 Å². The molecule has 2 aliphatic carbocycles. The van der Waals surface area contributed by atoms with E-state index in [0.717, 1.165) is 56.3 Å². The van der Waals surface area contributed by atoms with E-state index in [9.17, 15) is 8.42 Å². The molecule has 0 aromatic rings. The zero-order chi connectivity index (χ0) is 18.3. The number of unbranched alkanes of at least 4 members (excludes halogenated alkanes) is 3. The van der Waals surface area contributed by atoms with Gasteiger partial charge in [-0.3, -0.25) is 0 Å². The first-order chi connectivity index (χ1) is 11.9. The van der Waals surface area contributed by atoms with Crippen LogP contribution in [0.25, 0.3) is 0 Å². The molecular formula is C22H42O2S. The van der Waals surface area contributed by atoms with Gasteiger partial charge in [-0.2, -0.15) is 0 Å². The van der Waals surface area contributed by atoms with Crippen LogP contribution in [0.3, 0.4) is 0 Å². The van der Waals surface area contributed by atoms with Crippen molar-refractivity contribution in [1.82, 2.24) is 0 Å². The van der Waals surface area contributed by atoms with E-state index in [1.807, 2.05) is 6.92 Å². The second kappa shape index (κ2) is 9.76. The minimum absolute atomic E-state index is 0.396. The zero-order valence-corrected chi connectivity index (χ0v) is 17.9. The highest BCUT2D eigenvalue weighted by molar-refractivity contribution is 7.92. The smallest absolute Gasteiger partial charge is 0.155 e. The van der Waals surface area contributed by atoms with Gasteiger partial charge in [0.1, 0.15) is 0 Å². The summed E-state index contributed by atoms with van der Waals surface area (Å²) in [6.07, 6.45) is 17.1. The van der Waals surface area contributed by atoms with Gasteiger partial charge in [-0.05, 0) is 69.6 Å². The van der Waals surface area contributed by atoms with Crippen LogP contribution in [0.2, 0.25) is 0 Å². The third-order valence-corrected chi connectivity index (χ3v) is 10.1. The Hall–Kier alpha value is -0.0500. The maximum atomic E-state index is 12.7. The van der Waals surface area contributed by atoms with Crippen molar-refractivity contribution in [2.24, 2.45) is 17.8 Å². The van der Waals surface area contributed by atoms with Gasteiger partial charge in [0, 0.05) is 0 Å². The molecule has 2 rings (SSSR count). The summed E-state index contributed by atoms with van der Waals surface area (Å²) in [4.78, 5) is 0. The van der Waals surface area contributed by atoms with Crippen LogP contribution in [-0.2, 0) is 9.84 Å². The van der Waals surface area contributed by atoms with Crippen LogP contribution in [0, 0.1) is 17.8 Å². The fourth-order valence-corrected chi connectivity index (χ4v) is 7.26. The van der Waals surface area contributed by atoms with E-state index in [1.165, 1.54) is 51.4 Å². The molecule has 25 heavy (non-hydrogen) atoms. The van der Waals surface area contributed by atoms with Crippen molar-refractivity contribution in [1.29, 1.82) is 0 Å². The van der Waals surface area contributed by atoms with Gasteiger partial charge in [-0.15, -0.1) is 0 Å². The molecule has 0 atom stereocenters. The molecule has 0 aliphatic heterocycles. The predicted molar refractivity (Wildman–Crippen MR) is 109 cm³/mol. The van der Waals surface area contributed by atoms with Gasteiger partial charge in [0.05, 0.1) is 10.5 Å². The number of hydrogen-bond acceptors (Lipinski definition) is 2. The van der Waals surface area contributed by atoms with Gasteiger partial charge >= 0.3 is 0 Å². The Labute approximate surface area is 157 Å². The fourth-order valence-electron chi connectivity index (χ4n) is 5.25. The van der Waals surface area contributed by atoms with Gasteiger partial charge in [0.2, 0.25) is 0 Å². The molecule has 0 bridgehead atoms. The van der Waals surface area contributed by atoms with Crippen LogP contribution >= 0.6 is 0 Å². The second-order valence-corrected chi connectivity index (χ2v) is 11.9. The summed E-state index contributed by atoms with van der Waals surface area (Å²) in [6, 6.07) is 0. The Morgan fingerprint density at radius 1 is 0.800 bits per heavy atom. The maximum Gasteiger partial charge on any atom is 0.155 e. The summed E-state index contributed by atoms with van der Waals surface area (Å²) in [7, 11) is -2.92. The number of hydrogen-bond donors (Lipinski definition) is 0. The molecule has 0 aromatic carbocycles. The monoisotopic (exact) mass is 370 g/mol. The molecule has 148 valence electrons. The molecule has 3 heteroatoms. The molecule has 0 radical (unpaired) electrons. The molecular weight excluding hydrogens is 328 g/mol. The molecule has 0 aromatic heterocycles. The Bertz CT molecular complexity index is 466. The minimum atomic E-state index is -2.92. The molecule has 2 nitrogen and oxygen atoms in total. The highest BCUT2D eigenvalue weighted by Crippen LogP contribution is 2.45. The third-order valence-electron chi connectivity index (χ3n) is 7.38. The molecule has 0 amide bonds. The maximum absolute atomic E-state index is 12.7. The Morgan fingerprint density at radius 2 is 1.36 bits per heavy atom. The van der Waals surface area contributed by atoms with Crippen LogP contribution in [0.15, 0.2) is 0 Å². The summed E-state index contributed by atoms with van der Waals surface area (Å²) in [5.74, 6) is 3.05. The lowest BCUT2D eigenvalue weighted by Crippen LogP contribution is -2.42. The zero-order valence-electron chi connectivity index (χ0n) is 17.1. The average molecular weight is 371 g/mol. The molecule has 2 fully saturated rings.